The third-order valence-electron chi connectivity index (χ3n) is 7.87. The summed E-state index contributed by atoms with van der Waals surface area (Å²) in [6.45, 7) is 4.82. The Bertz CT molecular complexity index is 1930. The number of tetrazole rings is 1. The number of ketones is 1. The Morgan fingerprint density at radius 1 is 1.26 bits per heavy atom. The first-order valence-electron chi connectivity index (χ1n) is 14.3. The van der Waals surface area contributed by atoms with Crippen molar-refractivity contribution in [3.05, 3.63) is 52.9 Å². The van der Waals surface area contributed by atoms with E-state index in [1.54, 1.807) is 6.07 Å². The summed E-state index contributed by atoms with van der Waals surface area (Å²) in [6.07, 6.45) is -0.538. The quantitative estimate of drug-likeness (QED) is 0.0625. The van der Waals surface area contributed by atoms with E-state index in [0.29, 0.717) is 16.7 Å². The summed E-state index contributed by atoms with van der Waals surface area (Å²) in [5.41, 5.74) is 6.25. The number of amides is 1. The monoisotopic (exact) mass is 686 g/mol. The second kappa shape index (κ2) is 12.9. The van der Waals surface area contributed by atoms with Crippen LogP contribution in [0.25, 0.3) is 10.9 Å². The smallest absolute Gasteiger partial charge is 0.418 e. The van der Waals surface area contributed by atoms with Crippen molar-refractivity contribution in [2.45, 2.75) is 38.3 Å². The number of hydrogen-bond donors (Lipinski definition) is 4. The minimum Gasteiger partial charge on any atom is -0.489 e. The van der Waals surface area contributed by atoms with Gasteiger partial charge in [0, 0.05) is 22.9 Å². The number of benzene rings is 1. The number of rotatable bonds is 14. The average Bonchev–Trinajstić information content (AvgIpc) is 3.70. The lowest BCUT2D eigenvalue weighted by molar-refractivity contribution is -0.228. The van der Waals surface area contributed by atoms with Crippen LogP contribution in [0.3, 0.4) is 0 Å². The van der Waals surface area contributed by atoms with E-state index >= 15 is 0 Å². The lowest BCUT2D eigenvalue weighted by atomic mass is 9.74. The highest BCUT2D eigenvalue weighted by Gasteiger charge is 2.57. The Kier molecular flexibility index (Phi) is 8.85. The highest BCUT2D eigenvalue weighted by atomic mass is 32.3. The number of fused-ring (bicyclic) bond motifs is 1. The van der Waals surface area contributed by atoms with Crippen LogP contribution in [-0.4, -0.2) is 91.3 Å². The Labute approximate surface area is 271 Å². The van der Waals surface area contributed by atoms with Crippen LogP contribution in [-0.2, 0) is 35.5 Å². The van der Waals surface area contributed by atoms with Gasteiger partial charge in [-0.15, -0.1) is 25.8 Å². The molecule has 1 unspecified atom stereocenters. The zero-order valence-electron chi connectivity index (χ0n) is 25.1. The number of nitrogens with zero attached hydrogens (tertiary/aromatic N) is 7. The SMILES string of the molecule is CC1(C)C(CC(=O)/C(=N\O[C@H](COc2ccc3nc(CC4CNC4)ccc3c2)c2nn[nH]n2)c2csc(N)n2)C(=O)N1OS(=O)(=O)O. The number of nitrogens with one attached hydrogen (secondary N) is 2. The molecular weight excluding hydrogens is 656 g/mol. The van der Waals surface area contributed by atoms with E-state index in [1.807, 2.05) is 24.3 Å². The summed E-state index contributed by atoms with van der Waals surface area (Å²) in [7, 11) is -4.96. The molecule has 20 heteroatoms. The summed E-state index contributed by atoms with van der Waals surface area (Å²) < 4.78 is 41.8. The summed E-state index contributed by atoms with van der Waals surface area (Å²) in [5.74, 6) is -1.29. The van der Waals surface area contributed by atoms with Crippen LogP contribution in [0.15, 0.2) is 40.9 Å². The van der Waals surface area contributed by atoms with Gasteiger partial charge in [-0.05, 0) is 63.5 Å². The van der Waals surface area contributed by atoms with Crippen LogP contribution < -0.4 is 15.8 Å². The van der Waals surface area contributed by atoms with Gasteiger partial charge >= 0.3 is 10.4 Å². The number of ether oxygens (including phenoxy) is 1. The number of aromatic amines is 1. The van der Waals surface area contributed by atoms with Crippen LogP contribution >= 0.6 is 11.3 Å². The van der Waals surface area contributed by atoms with Gasteiger partial charge in [-0.25, -0.2) is 4.98 Å². The molecule has 0 bridgehead atoms. The molecule has 18 nitrogen and oxygen atoms in total. The van der Waals surface area contributed by atoms with Crippen molar-refractivity contribution >= 4 is 55.2 Å². The Balaban J connectivity index is 1.18. The molecule has 0 radical (unpaired) electrons. The largest absolute Gasteiger partial charge is 0.489 e. The van der Waals surface area contributed by atoms with Gasteiger partial charge in [0.2, 0.25) is 11.9 Å². The van der Waals surface area contributed by atoms with Gasteiger partial charge in [0.05, 0.1) is 17.0 Å². The van der Waals surface area contributed by atoms with Crippen molar-refractivity contribution in [3.63, 3.8) is 0 Å². The van der Waals surface area contributed by atoms with Gasteiger partial charge < -0.3 is 20.6 Å². The summed E-state index contributed by atoms with van der Waals surface area (Å²) >= 11 is 1.06. The second-order valence-electron chi connectivity index (χ2n) is 11.5. The fraction of sp³-hybridized carbons (Fsp3) is 0.407. The highest BCUT2D eigenvalue weighted by Crippen LogP contribution is 2.40. The third-order valence-corrected chi connectivity index (χ3v) is 8.88. The summed E-state index contributed by atoms with van der Waals surface area (Å²) in [5, 5.41) is 24.2. The highest BCUT2D eigenvalue weighted by molar-refractivity contribution is 7.80. The van der Waals surface area contributed by atoms with Crippen molar-refractivity contribution in [1.29, 1.82) is 0 Å². The lowest BCUT2D eigenvalue weighted by Gasteiger charge is -2.50. The number of aromatic nitrogens is 6. The third kappa shape index (κ3) is 7.20. The molecule has 2 fully saturated rings. The van der Waals surface area contributed by atoms with Crippen LogP contribution in [0.1, 0.15) is 43.6 Å². The van der Waals surface area contributed by atoms with Crippen molar-refractivity contribution < 1.29 is 36.4 Å². The average molecular weight is 687 g/mol. The number of thiazole rings is 1. The summed E-state index contributed by atoms with van der Waals surface area (Å²) in [4.78, 5) is 40.8. The topological polar surface area (TPSA) is 250 Å². The molecule has 1 amide bonds. The Hall–Kier alpha value is -4.63. The number of carbonyl (C=O) groups is 2. The minimum atomic E-state index is -4.96. The van der Waals surface area contributed by atoms with Crippen molar-refractivity contribution in [3.8, 4) is 5.75 Å². The first kappa shape index (κ1) is 32.3. The predicted molar refractivity (Wildman–Crippen MR) is 165 cm³/mol. The van der Waals surface area contributed by atoms with E-state index in [2.05, 4.69) is 40.4 Å². The zero-order valence-corrected chi connectivity index (χ0v) is 26.7. The standard InChI is InChI=1S/C27H30N10O8S2/c1-27(2)18(25(39)37(27)45-47(40,41)42)9-21(38)23(20-13-46-26(28)31-20)34-44-22(24-32-35-36-33-24)12-43-17-5-6-19-15(8-17)3-4-16(30-19)7-14-10-29-11-14/h3-6,8,13-14,18,22,29H,7,9-12H2,1-2H3,(H2,28,31)(H,40,41,42)(H,32,33,35,36)/b34-23-/t18?,22-/m1/s1. The van der Waals surface area contributed by atoms with E-state index in [4.69, 9.17) is 24.8 Å². The number of Topliss-reactive ketones (excluding diaryl/α,β-unsaturated/α-hetero) is 1. The van der Waals surface area contributed by atoms with Gasteiger partial charge in [0.1, 0.15) is 18.1 Å². The molecule has 2 aliphatic rings. The molecule has 3 aromatic heterocycles. The number of hydrogen-bond acceptors (Lipinski definition) is 16. The fourth-order valence-corrected chi connectivity index (χ4v) is 6.17. The molecule has 248 valence electrons. The van der Waals surface area contributed by atoms with Crippen LogP contribution in [0.2, 0.25) is 0 Å². The number of oxime groups is 1. The molecule has 5 N–H and O–H groups in total. The Morgan fingerprint density at radius 2 is 2.06 bits per heavy atom. The fourth-order valence-electron chi connectivity index (χ4n) is 5.17. The maximum Gasteiger partial charge on any atom is 0.418 e. The molecule has 47 heavy (non-hydrogen) atoms. The molecular formula is C27H30N10O8S2. The van der Waals surface area contributed by atoms with Crippen LogP contribution in [0.4, 0.5) is 5.13 Å². The molecule has 2 saturated heterocycles. The molecule has 6 rings (SSSR count). The van der Waals surface area contributed by atoms with E-state index in [1.165, 1.54) is 19.2 Å². The van der Waals surface area contributed by atoms with E-state index < -0.39 is 46.1 Å². The molecule has 0 spiro atoms. The van der Waals surface area contributed by atoms with Crippen molar-refractivity contribution in [2.24, 2.45) is 17.0 Å². The normalized spacial score (nSPS) is 18.9. The molecule has 4 aromatic rings. The first-order valence-corrected chi connectivity index (χ1v) is 16.6. The van der Waals surface area contributed by atoms with Gasteiger partial charge in [0.25, 0.3) is 5.91 Å². The van der Waals surface area contributed by atoms with Crippen molar-refractivity contribution in [1.82, 2.24) is 41.0 Å². The second-order valence-corrected chi connectivity index (χ2v) is 13.4. The number of H-pyrrole nitrogens is 1. The van der Waals surface area contributed by atoms with Gasteiger partial charge in [-0.2, -0.15) is 18.7 Å². The van der Waals surface area contributed by atoms with E-state index in [9.17, 15) is 18.0 Å². The van der Waals surface area contributed by atoms with E-state index in [-0.39, 0.29) is 29.0 Å². The summed E-state index contributed by atoms with van der Waals surface area (Å²) in [6, 6.07) is 9.48. The van der Waals surface area contributed by atoms with E-state index in [0.717, 1.165) is 47.4 Å². The lowest BCUT2D eigenvalue weighted by Crippen LogP contribution is -2.68. The zero-order chi connectivity index (χ0) is 33.3. The molecule has 5 heterocycles. The molecule has 2 atom stereocenters. The van der Waals surface area contributed by atoms with Crippen molar-refractivity contribution in [2.75, 3.05) is 25.4 Å². The van der Waals surface area contributed by atoms with Crippen LogP contribution in [0, 0.1) is 11.8 Å². The molecule has 0 aliphatic carbocycles. The van der Waals surface area contributed by atoms with Gasteiger partial charge in [-0.1, -0.05) is 16.4 Å². The maximum atomic E-state index is 13.5. The number of carbonyl (C=O) groups excluding carboxylic acids is 2. The molecule has 0 saturated carbocycles. The maximum absolute atomic E-state index is 13.5. The number of pyridine rings is 1. The number of nitrogen functional groups attached to an aromatic ring is 1. The van der Waals surface area contributed by atoms with Gasteiger partial charge in [-0.3, -0.25) is 19.1 Å². The van der Waals surface area contributed by atoms with Crippen LogP contribution in [0.5, 0.6) is 5.75 Å². The number of nitrogens with two attached hydrogens (primary N) is 1. The number of β-lactam (4-membered cyclic amide) rings is 1. The Morgan fingerprint density at radius 3 is 2.70 bits per heavy atom. The number of anilines is 1. The first-order chi connectivity index (χ1) is 22.4. The number of hydroxylamine groups is 2. The molecule has 2 aliphatic heterocycles. The minimum absolute atomic E-state index is 0.0872. The predicted octanol–water partition coefficient (Wildman–Crippen LogP) is 1.02. The van der Waals surface area contributed by atoms with Gasteiger partial charge in [0.15, 0.2) is 16.6 Å². The molecule has 1 aromatic carbocycles.